The van der Waals surface area contributed by atoms with E-state index in [0.717, 1.165) is 0 Å². The fourth-order valence-electron chi connectivity index (χ4n) is 0.365. The van der Waals surface area contributed by atoms with E-state index < -0.39 is 14.9 Å². The van der Waals surface area contributed by atoms with Crippen molar-refractivity contribution in [1.29, 1.82) is 0 Å². The van der Waals surface area contributed by atoms with Gasteiger partial charge in [0.15, 0.2) is 0 Å². The summed E-state index contributed by atoms with van der Waals surface area (Å²) in [6.07, 6.45) is -0.0637. The standard InChI is InChI=1S/C5H11O4S/c1-5(2,3-4-6)10(7,8)9/h6H,1,3-4H2,2H3,(H,7,8,9). The highest BCUT2D eigenvalue weighted by atomic mass is 32.2. The van der Waals surface area contributed by atoms with E-state index >= 15 is 0 Å². The molecule has 4 nitrogen and oxygen atoms in total. The molecule has 0 aliphatic heterocycles. The molecule has 0 fully saturated rings. The summed E-state index contributed by atoms with van der Waals surface area (Å²) >= 11 is 0. The van der Waals surface area contributed by atoms with Crippen molar-refractivity contribution in [2.75, 3.05) is 6.61 Å². The van der Waals surface area contributed by atoms with Gasteiger partial charge < -0.3 is 5.11 Å². The van der Waals surface area contributed by atoms with Crippen molar-refractivity contribution >= 4 is 10.1 Å². The molecule has 0 heterocycles. The van der Waals surface area contributed by atoms with Gasteiger partial charge in [0.05, 0.1) is 4.75 Å². The van der Waals surface area contributed by atoms with E-state index in [-0.39, 0.29) is 13.0 Å². The maximum Gasteiger partial charge on any atom is 0.270 e. The van der Waals surface area contributed by atoms with Crippen LogP contribution in [0.3, 0.4) is 0 Å². The number of aliphatic hydroxyl groups excluding tert-OH is 1. The molecule has 0 bridgehead atoms. The molecular weight excluding hydrogens is 156 g/mol. The molecule has 0 saturated heterocycles. The highest BCUT2D eigenvalue weighted by molar-refractivity contribution is 7.87. The van der Waals surface area contributed by atoms with Gasteiger partial charge >= 0.3 is 0 Å². The smallest absolute Gasteiger partial charge is 0.270 e. The van der Waals surface area contributed by atoms with Crippen molar-refractivity contribution in [3.05, 3.63) is 6.92 Å². The molecule has 0 aromatic rings. The lowest BCUT2D eigenvalue weighted by Gasteiger charge is -2.18. The van der Waals surface area contributed by atoms with E-state index in [1.54, 1.807) is 0 Å². The van der Waals surface area contributed by atoms with E-state index in [9.17, 15) is 8.42 Å². The van der Waals surface area contributed by atoms with Gasteiger partial charge in [0.1, 0.15) is 0 Å². The minimum absolute atomic E-state index is 0.0637. The quantitative estimate of drug-likeness (QED) is 0.573. The van der Waals surface area contributed by atoms with Crippen LogP contribution in [0.1, 0.15) is 13.3 Å². The zero-order valence-corrected chi connectivity index (χ0v) is 6.56. The fourth-order valence-corrected chi connectivity index (χ4v) is 0.715. The predicted octanol–water partition coefficient (Wildman–Crippen LogP) is -0.151. The zero-order valence-electron chi connectivity index (χ0n) is 5.74. The molecule has 1 atom stereocenters. The second kappa shape index (κ2) is 2.86. The molecule has 61 valence electrons. The van der Waals surface area contributed by atoms with Crippen molar-refractivity contribution in [3.63, 3.8) is 0 Å². The SMILES string of the molecule is [CH2]C(C)(CCO)S(=O)(=O)O. The van der Waals surface area contributed by atoms with Crippen LogP contribution in [0.2, 0.25) is 0 Å². The Morgan fingerprint density at radius 1 is 1.60 bits per heavy atom. The Kier molecular flexibility index (Phi) is 2.82. The van der Waals surface area contributed by atoms with Crippen LogP contribution < -0.4 is 0 Å². The van der Waals surface area contributed by atoms with E-state index in [1.807, 2.05) is 0 Å². The molecule has 0 aliphatic rings. The number of hydrogen-bond donors (Lipinski definition) is 2. The largest absolute Gasteiger partial charge is 0.396 e. The molecule has 0 amide bonds. The van der Waals surface area contributed by atoms with Crippen molar-refractivity contribution in [1.82, 2.24) is 0 Å². The number of rotatable bonds is 3. The van der Waals surface area contributed by atoms with Crippen LogP contribution in [0, 0.1) is 6.92 Å². The van der Waals surface area contributed by atoms with Gasteiger partial charge in [-0.05, 0) is 20.3 Å². The van der Waals surface area contributed by atoms with Crippen molar-refractivity contribution in [2.45, 2.75) is 18.1 Å². The molecule has 1 radical (unpaired) electrons. The topological polar surface area (TPSA) is 74.6 Å². The highest BCUT2D eigenvalue weighted by Crippen LogP contribution is 2.17. The first-order valence-electron chi connectivity index (χ1n) is 2.74. The first-order chi connectivity index (χ1) is 4.31. The lowest BCUT2D eigenvalue weighted by Crippen LogP contribution is -2.32. The van der Waals surface area contributed by atoms with Gasteiger partial charge in [-0.25, -0.2) is 0 Å². The summed E-state index contributed by atoms with van der Waals surface area (Å²) in [5, 5.41) is 8.35. The van der Waals surface area contributed by atoms with E-state index in [0.29, 0.717) is 0 Å². The minimum atomic E-state index is -4.14. The molecule has 10 heavy (non-hydrogen) atoms. The number of aliphatic hydroxyl groups is 1. The summed E-state index contributed by atoms with van der Waals surface area (Å²) in [6, 6.07) is 0. The van der Waals surface area contributed by atoms with Crippen molar-refractivity contribution < 1.29 is 18.1 Å². The Morgan fingerprint density at radius 3 is 2.10 bits per heavy atom. The second-order valence-electron chi connectivity index (χ2n) is 2.40. The van der Waals surface area contributed by atoms with Crippen LogP contribution >= 0.6 is 0 Å². The lowest BCUT2D eigenvalue weighted by molar-refractivity contribution is 0.273. The zero-order chi connectivity index (χ0) is 8.41. The maximum absolute atomic E-state index is 10.4. The summed E-state index contributed by atoms with van der Waals surface area (Å²) in [5.41, 5.74) is 0. The lowest BCUT2D eigenvalue weighted by atomic mass is 10.1. The minimum Gasteiger partial charge on any atom is -0.396 e. The van der Waals surface area contributed by atoms with Gasteiger partial charge in [-0.2, -0.15) is 8.42 Å². The average Bonchev–Trinajstić information content (AvgIpc) is 1.61. The normalized spacial score (nSPS) is 13.6. The molecule has 0 spiro atoms. The monoisotopic (exact) mass is 167 g/mol. The van der Waals surface area contributed by atoms with Crippen LogP contribution in [-0.4, -0.2) is 29.4 Å². The van der Waals surface area contributed by atoms with Gasteiger partial charge in [-0.15, -0.1) is 0 Å². The van der Waals surface area contributed by atoms with Crippen molar-refractivity contribution in [2.24, 2.45) is 0 Å². The Bertz CT molecular complexity index is 192. The third-order valence-corrected chi connectivity index (χ3v) is 2.71. The fraction of sp³-hybridized carbons (Fsp3) is 0.800. The molecule has 0 aliphatic carbocycles. The van der Waals surface area contributed by atoms with Gasteiger partial charge in [-0.3, -0.25) is 4.55 Å². The molecule has 5 heteroatoms. The third-order valence-electron chi connectivity index (χ3n) is 1.26. The first-order valence-corrected chi connectivity index (χ1v) is 4.18. The molecular formula is C5H11O4S. The highest BCUT2D eigenvalue weighted by Gasteiger charge is 2.31. The maximum atomic E-state index is 10.4. The van der Waals surface area contributed by atoms with Crippen molar-refractivity contribution in [3.8, 4) is 0 Å². The molecule has 0 saturated carbocycles. The van der Waals surface area contributed by atoms with E-state index in [2.05, 4.69) is 6.92 Å². The van der Waals surface area contributed by atoms with Gasteiger partial charge in [0.2, 0.25) is 0 Å². The third kappa shape index (κ3) is 2.24. The Hall–Kier alpha value is -0.130. The molecule has 0 aromatic carbocycles. The van der Waals surface area contributed by atoms with E-state index in [1.165, 1.54) is 6.92 Å². The summed E-state index contributed by atoms with van der Waals surface area (Å²) in [6.45, 7) is 4.18. The first kappa shape index (κ1) is 9.87. The summed E-state index contributed by atoms with van der Waals surface area (Å²) in [5.74, 6) is 0. The summed E-state index contributed by atoms with van der Waals surface area (Å²) in [4.78, 5) is 0. The van der Waals surface area contributed by atoms with Crippen LogP contribution in [-0.2, 0) is 10.1 Å². The molecule has 0 rings (SSSR count). The van der Waals surface area contributed by atoms with Crippen LogP contribution in [0.15, 0.2) is 0 Å². The summed E-state index contributed by atoms with van der Waals surface area (Å²) < 4.78 is 27.8. The van der Waals surface area contributed by atoms with Gasteiger partial charge in [0.25, 0.3) is 10.1 Å². The molecule has 1 unspecified atom stereocenters. The predicted molar refractivity (Wildman–Crippen MR) is 37.0 cm³/mol. The van der Waals surface area contributed by atoms with Gasteiger partial charge in [-0.1, -0.05) is 0 Å². The van der Waals surface area contributed by atoms with Crippen LogP contribution in [0.25, 0.3) is 0 Å². The van der Waals surface area contributed by atoms with Crippen LogP contribution in [0.5, 0.6) is 0 Å². The van der Waals surface area contributed by atoms with E-state index in [4.69, 9.17) is 9.66 Å². The Morgan fingerprint density at radius 2 is 2.00 bits per heavy atom. The average molecular weight is 167 g/mol. The second-order valence-corrected chi connectivity index (χ2v) is 4.33. The molecule has 2 N–H and O–H groups in total. The Balaban J connectivity index is 4.42. The molecule has 0 aromatic heterocycles. The number of hydrogen-bond acceptors (Lipinski definition) is 3. The van der Waals surface area contributed by atoms with Crippen LogP contribution in [0.4, 0.5) is 0 Å². The van der Waals surface area contributed by atoms with Gasteiger partial charge in [0, 0.05) is 6.61 Å². The summed E-state index contributed by atoms with van der Waals surface area (Å²) in [7, 11) is -4.14. The Labute approximate surface area is 60.6 Å².